The Bertz CT molecular complexity index is 264. The molecule has 0 aliphatic rings. The number of hydrogen-bond acceptors (Lipinski definition) is 3. The molecule has 0 fully saturated rings. The van der Waals surface area contributed by atoms with Gasteiger partial charge in [0.05, 0.1) is 0 Å². The number of carbonyl (C=O) groups is 1. The summed E-state index contributed by atoms with van der Waals surface area (Å²) in [5.41, 5.74) is 0. The molecular formula is C11H26N2O3Si. The van der Waals surface area contributed by atoms with Gasteiger partial charge < -0.3 is 9.53 Å². The van der Waals surface area contributed by atoms with Crippen molar-refractivity contribution in [3.8, 4) is 0 Å². The Hall–Kier alpha value is -0.593. The van der Waals surface area contributed by atoms with Crippen molar-refractivity contribution < 1.29 is 14.3 Å². The second-order valence-corrected chi connectivity index (χ2v) is 10.6. The van der Waals surface area contributed by atoms with Gasteiger partial charge in [0.1, 0.15) is 0 Å². The number of amides is 1. The molecule has 0 unspecified atom stereocenters. The molecule has 0 spiro atoms. The first-order chi connectivity index (χ1) is 7.49. The van der Waals surface area contributed by atoms with E-state index in [-0.39, 0.29) is 5.04 Å². The Kier molecular flexibility index (Phi) is 5.63. The van der Waals surface area contributed by atoms with Crippen LogP contribution in [0.25, 0.3) is 0 Å². The monoisotopic (exact) mass is 262 g/mol. The SMILES string of the molecule is CN(CCO[Si](C)(C)C(C)(C)C)N(C)C(=O)O. The standard InChI is InChI=1S/C11H26N2O3Si/c1-11(2,3)17(6,7)16-9-8-12(4)13(5)10(14)15/h8-9H2,1-7H3,(H,14,15). The molecule has 5 nitrogen and oxygen atoms in total. The van der Waals surface area contributed by atoms with E-state index in [4.69, 9.17) is 9.53 Å². The summed E-state index contributed by atoms with van der Waals surface area (Å²) in [6.07, 6.45) is -0.958. The summed E-state index contributed by atoms with van der Waals surface area (Å²) in [5, 5.41) is 11.8. The minimum atomic E-state index is -1.73. The van der Waals surface area contributed by atoms with Crippen LogP contribution in [0.4, 0.5) is 4.79 Å². The molecule has 0 aromatic heterocycles. The molecule has 0 saturated carbocycles. The number of carboxylic acid groups (broad SMARTS) is 1. The zero-order valence-electron chi connectivity index (χ0n) is 12.1. The molecule has 0 aliphatic heterocycles. The van der Waals surface area contributed by atoms with Crippen molar-refractivity contribution in [2.24, 2.45) is 0 Å². The second-order valence-electron chi connectivity index (χ2n) is 5.80. The maximum atomic E-state index is 10.7. The fraction of sp³-hybridized carbons (Fsp3) is 0.909. The smallest absolute Gasteiger partial charge is 0.421 e. The lowest BCUT2D eigenvalue weighted by molar-refractivity contribution is 0.0228. The summed E-state index contributed by atoms with van der Waals surface area (Å²) in [6, 6.07) is 0. The third-order valence-corrected chi connectivity index (χ3v) is 8.01. The Morgan fingerprint density at radius 1 is 1.29 bits per heavy atom. The summed E-state index contributed by atoms with van der Waals surface area (Å²) in [6.45, 7) is 12.1. The van der Waals surface area contributed by atoms with E-state index < -0.39 is 14.4 Å². The van der Waals surface area contributed by atoms with Crippen molar-refractivity contribution >= 4 is 14.4 Å². The van der Waals surface area contributed by atoms with Crippen molar-refractivity contribution in [3.05, 3.63) is 0 Å². The molecule has 0 heterocycles. The van der Waals surface area contributed by atoms with Gasteiger partial charge in [0.2, 0.25) is 0 Å². The molecule has 1 N–H and O–H groups in total. The highest BCUT2D eigenvalue weighted by Crippen LogP contribution is 2.36. The Labute approximate surface area is 105 Å². The molecule has 6 heteroatoms. The molecule has 0 bridgehead atoms. The van der Waals surface area contributed by atoms with Crippen LogP contribution in [0, 0.1) is 0 Å². The van der Waals surface area contributed by atoms with Crippen LogP contribution in [-0.2, 0) is 4.43 Å². The summed E-state index contributed by atoms with van der Waals surface area (Å²) >= 11 is 0. The first-order valence-electron chi connectivity index (χ1n) is 5.80. The zero-order valence-corrected chi connectivity index (χ0v) is 13.1. The van der Waals surface area contributed by atoms with Gasteiger partial charge in [-0.2, -0.15) is 0 Å². The highest BCUT2D eigenvalue weighted by Gasteiger charge is 2.36. The van der Waals surface area contributed by atoms with Gasteiger partial charge in [-0.05, 0) is 18.1 Å². The molecule has 17 heavy (non-hydrogen) atoms. The lowest BCUT2D eigenvalue weighted by Gasteiger charge is -2.37. The van der Waals surface area contributed by atoms with Crippen LogP contribution in [0.2, 0.25) is 18.1 Å². The number of hydrazine groups is 1. The Morgan fingerprint density at radius 3 is 2.12 bits per heavy atom. The molecule has 0 atom stereocenters. The fourth-order valence-corrected chi connectivity index (χ4v) is 1.98. The zero-order chi connectivity index (χ0) is 13.9. The normalized spacial score (nSPS) is 12.9. The molecule has 0 aromatic rings. The lowest BCUT2D eigenvalue weighted by atomic mass is 10.2. The van der Waals surface area contributed by atoms with Gasteiger partial charge in [-0.15, -0.1) is 0 Å². The van der Waals surface area contributed by atoms with Crippen molar-refractivity contribution in [3.63, 3.8) is 0 Å². The van der Waals surface area contributed by atoms with Gasteiger partial charge in [0.25, 0.3) is 0 Å². The van der Waals surface area contributed by atoms with E-state index in [9.17, 15) is 4.79 Å². The topological polar surface area (TPSA) is 53.0 Å². The molecule has 1 amide bonds. The maximum Gasteiger partial charge on any atom is 0.421 e. The highest BCUT2D eigenvalue weighted by molar-refractivity contribution is 6.74. The lowest BCUT2D eigenvalue weighted by Crippen LogP contribution is -2.45. The van der Waals surface area contributed by atoms with Gasteiger partial charge in [0.15, 0.2) is 8.32 Å². The minimum Gasteiger partial charge on any atom is -0.464 e. The molecule has 0 rings (SSSR count). The molecule has 0 aliphatic carbocycles. The van der Waals surface area contributed by atoms with Crippen LogP contribution in [0.5, 0.6) is 0 Å². The highest BCUT2D eigenvalue weighted by atomic mass is 28.4. The van der Waals surface area contributed by atoms with Gasteiger partial charge >= 0.3 is 6.09 Å². The van der Waals surface area contributed by atoms with Crippen molar-refractivity contribution in [2.75, 3.05) is 27.2 Å². The summed E-state index contributed by atoms with van der Waals surface area (Å²) in [4.78, 5) is 10.7. The predicted octanol–water partition coefficient (Wildman–Crippen LogP) is 2.46. The average Bonchev–Trinajstić information content (AvgIpc) is 2.14. The van der Waals surface area contributed by atoms with Crippen LogP contribution in [-0.4, -0.2) is 56.8 Å². The van der Waals surface area contributed by atoms with Crippen LogP contribution in [0.1, 0.15) is 20.8 Å². The minimum absolute atomic E-state index is 0.185. The third-order valence-electron chi connectivity index (χ3n) is 3.47. The second kappa shape index (κ2) is 5.84. The number of hydrogen-bond donors (Lipinski definition) is 1. The fourth-order valence-electron chi connectivity index (χ4n) is 0.945. The van der Waals surface area contributed by atoms with E-state index in [2.05, 4.69) is 33.9 Å². The maximum absolute atomic E-state index is 10.7. The van der Waals surface area contributed by atoms with E-state index in [1.54, 1.807) is 12.1 Å². The van der Waals surface area contributed by atoms with Crippen molar-refractivity contribution in [2.45, 2.75) is 38.9 Å². The van der Waals surface area contributed by atoms with Gasteiger partial charge in [0, 0.05) is 27.2 Å². The molecular weight excluding hydrogens is 236 g/mol. The van der Waals surface area contributed by atoms with Crippen LogP contribution < -0.4 is 0 Å². The van der Waals surface area contributed by atoms with E-state index >= 15 is 0 Å². The van der Waals surface area contributed by atoms with Crippen molar-refractivity contribution in [1.29, 1.82) is 0 Å². The van der Waals surface area contributed by atoms with E-state index in [1.807, 2.05) is 0 Å². The first kappa shape index (κ1) is 16.4. The number of likely N-dealkylation sites (N-methyl/N-ethyl adjacent to an activating group) is 1. The van der Waals surface area contributed by atoms with Crippen molar-refractivity contribution in [1.82, 2.24) is 10.0 Å². The number of rotatable bonds is 5. The number of nitrogens with zero attached hydrogens (tertiary/aromatic N) is 2. The summed E-state index contributed by atoms with van der Waals surface area (Å²) < 4.78 is 5.97. The van der Waals surface area contributed by atoms with E-state index in [0.29, 0.717) is 13.2 Å². The molecule has 0 aromatic carbocycles. The molecule has 0 saturated heterocycles. The summed E-state index contributed by atoms with van der Waals surface area (Å²) in [5.74, 6) is 0. The largest absolute Gasteiger partial charge is 0.464 e. The van der Waals surface area contributed by atoms with Crippen LogP contribution in [0.15, 0.2) is 0 Å². The van der Waals surface area contributed by atoms with E-state index in [1.165, 1.54) is 7.05 Å². The predicted molar refractivity (Wildman–Crippen MR) is 71.6 cm³/mol. The van der Waals surface area contributed by atoms with Gasteiger partial charge in [-0.3, -0.25) is 0 Å². The third kappa shape index (κ3) is 5.05. The van der Waals surface area contributed by atoms with Gasteiger partial charge in [-0.25, -0.2) is 14.8 Å². The van der Waals surface area contributed by atoms with Crippen LogP contribution >= 0.6 is 0 Å². The van der Waals surface area contributed by atoms with Gasteiger partial charge in [-0.1, -0.05) is 20.8 Å². The average molecular weight is 262 g/mol. The quantitative estimate of drug-likeness (QED) is 0.611. The molecule has 102 valence electrons. The first-order valence-corrected chi connectivity index (χ1v) is 8.71. The molecule has 0 radical (unpaired) electrons. The summed E-state index contributed by atoms with van der Waals surface area (Å²) in [7, 11) is 1.54. The van der Waals surface area contributed by atoms with E-state index in [0.717, 1.165) is 5.01 Å². The van der Waals surface area contributed by atoms with Crippen LogP contribution in [0.3, 0.4) is 0 Å². The Morgan fingerprint density at radius 2 is 1.76 bits per heavy atom. The Balaban J connectivity index is 4.12.